The van der Waals surface area contributed by atoms with Crippen LogP contribution in [-0.2, 0) is 21.4 Å². The summed E-state index contributed by atoms with van der Waals surface area (Å²) in [5.74, 6) is 0.558. The molecule has 7 nitrogen and oxygen atoms in total. The highest BCUT2D eigenvalue weighted by molar-refractivity contribution is 7.89. The van der Waals surface area contributed by atoms with Crippen LogP contribution in [0.3, 0.4) is 0 Å². The van der Waals surface area contributed by atoms with Gasteiger partial charge in [-0.15, -0.1) is 0 Å². The summed E-state index contributed by atoms with van der Waals surface area (Å²) in [6.07, 6.45) is 2.74. The Hall–Kier alpha value is -3.07. The van der Waals surface area contributed by atoms with Crippen LogP contribution in [0, 0.1) is 0 Å². The minimum atomic E-state index is -3.59. The fraction of sp³-hybridized carbons (Fsp3) is 0.269. The monoisotopic (exact) mass is 514 g/mol. The van der Waals surface area contributed by atoms with Crippen molar-refractivity contribution in [2.45, 2.75) is 30.8 Å². The van der Waals surface area contributed by atoms with Gasteiger partial charge in [-0.25, -0.2) is 8.42 Å². The van der Waals surface area contributed by atoms with Crippen molar-refractivity contribution < 1.29 is 22.7 Å². The number of sulfonamides is 1. The van der Waals surface area contributed by atoms with Crippen molar-refractivity contribution >= 4 is 33.2 Å². The lowest BCUT2D eigenvalue weighted by Crippen LogP contribution is -2.35. The molecule has 1 amide bonds. The van der Waals surface area contributed by atoms with E-state index >= 15 is 0 Å². The van der Waals surface area contributed by atoms with Gasteiger partial charge in [-0.2, -0.15) is 4.31 Å². The third kappa shape index (κ3) is 6.75. The number of carbonyl (C=O) groups is 1. The molecule has 184 valence electrons. The van der Waals surface area contributed by atoms with Gasteiger partial charge < -0.3 is 14.8 Å². The van der Waals surface area contributed by atoms with Crippen LogP contribution in [0.25, 0.3) is 0 Å². The number of carbonyl (C=O) groups excluding carboxylic acids is 1. The molecule has 0 saturated carbocycles. The summed E-state index contributed by atoms with van der Waals surface area (Å²) in [5.41, 5.74) is 1.66. The molecule has 9 heteroatoms. The van der Waals surface area contributed by atoms with E-state index in [0.29, 0.717) is 31.1 Å². The van der Waals surface area contributed by atoms with E-state index in [1.54, 1.807) is 24.3 Å². The summed E-state index contributed by atoms with van der Waals surface area (Å²) in [6.45, 7) is 1.21. The number of ether oxygens (including phenoxy) is 2. The van der Waals surface area contributed by atoms with Gasteiger partial charge in [0.2, 0.25) is 10.0 Å². The first kappa shape index (κ1) is 25.0. The van der Waals surface area contributed by atoms with E-state index in [2.05, 4.69) is 5.32 Å². The van der Waals surface area contributed by atoms with E-state index in [9.17, 15) is 13.2 Å². The first-order valence-electron chi connectivity index (χ1n) is 11.4. The van der Waals surface area contributed by atoms with Gasteiger partial charge in [-0.3, -0.25) is 4.79 Å². The number of benzene rings is 3. The van der Waals surface area contributed by atoms with Gasteiger partial charge in [0.25, 0.3) is 5.91 Å². The maximum absolute atomic E-state index is 12.8. The second-order valence-corrected chi connectivity index (χ2v) is 10.5. The molecule has 1 fully saturated rings. The lowest BCUT2D eigenvalue weighted by molar-refractivity contribution is -0.118. The van der Waals surface area contributed by atoms with E-state index in [1.807, 2.05) is 30.3 Å². The lowest BCUT2D eigenvalue weighted by Gasteiger charge is -2.26. The van der Waals surface area contributed by atoms with E-state index in [-0.39, 0.29) is 28.2 Å². The normalized spacial score (nSPS) is 14.3. The Balaban J connectivity index is 1.28. The molecule has 0 spiro atoms. The highest BCUT2D eigenvalue weighted by Gasteiger charge is 2.26. The van der Waals surface area contributed by atoms with E-state index in [4.69, 9.17) is 21.1 Å². The zero-order valence-corrected chi connectivity index (χ0v) is 20.7. The van der Waals surface area contributed by atoms with Gasteiger partial charge in [-0.1, -0.05) is 48.4 Å². The number of hydrogen-bond donors (Lipinski definition) is 1. The van der Waals surface area contributed by atoms with Crippen LogP contribution in [0.4, 0.5) is 5.69 Å². The fourth-order valence-electron chi connectivity index (χ4n) is 3.73. The average Bonchev–Trinajstić information content (AvgIpc) is 2.88. The molecule has 4 rings (SSSR count). The van der Waals surface area contributed by atoms with Gasteiger partial charge in [0.05, 0.1) is 9.92 Å². The summed E-state index contributed by atoms with van der Waals surface area (Å²) >= 11 is 6.26. The highest BCUT2D eigenvalue weighted by atomic mass is 35.5. The van der Waals surface area contributed by atoms with Crippen molar-refractivity contribution in [2.75, 3.05) is 25.0 Å². The molecule has 3 aromatic carbocycles. The van der Waals surface area contributed by atoms with E-state index in [1.165, 1.54) is 22.5 Å². The molecule has 35 heavy (non-hydrogen) atoms. The third-order valence-corrected chi connectivity index (χ3v) is 7.79. The van der Waals surface area contributed by atoms with Crippen LogP contribution in [0.15, 0.2) is 77.7 Å². The topological polar surface area (TPSA) is 84.9 Å². The molecular weight excluding hydrogens is 488 g/mol. The Morgan fingerprint density at radius 3 is 2.31 bits per heavy atom. The quantitative estimate of drug-likeness (QED) is 0.429. The van der Waals surface area contributed by atoms with Crippen molar-refractivity contribution in [1.82, 2.24) is 4.31 Å². The zero-order chi connectivity index (χ0) is 24.7. The second kappa shape index (κ2) is 11.6. The SMILES string of the molecule is O=C(COc1ccc(S(=O)(=O)N2CCCCC2)cc1Cl)Nc1ccc(OCc2ccccc2)cc1. The molecule has 3 aromatic rings. The van der Waals surface area contributed by atoms with Gasteiger partial charge in [0.15, 0.2) is 6.61 Å². The Kier molecular flexibility index (Phi) is 8.28. The van der Waals surface area contributed by atoms with Crippen LogP contribution >= 0.6 is 11.6 Å². The second-order valence-electron chi connectivity index (χ2n) is 8.19. The van der Waals surface area contributed by atoms with Gasteiger partial charge >= 0.3 is 0 Å². The predicted octanol–water partition coefficient (Wildman–Crippen LogP) is 5.11. The average molecular weight is 515 g/mol. The van der Waals surface area contributed by atoms with Crippen molar-refractivity contribution in [3.63, 3.8) is 0 Å². The fourth-order valence-corrected chi connectivity index (χ4v) is 5.57. The van der Waals surface area contributed by atoms with Crippen LogP contribution in [0.5, 0.6) is 11.5 Å². The number of nitrogens with one attached hydrogen (secondary N) is 1. The third-order valence-electron chi connectivity index (χ3n) is 5.60. The van der Waals surface area contributed by atoms with E-state index in [0.717, 1.165) is 24.8 Å². The number of halogens is 1. The van der Waals surface area contributed by atoms with Gasteiger partial charge in [0.1, 0.15) is 18.1 Å². The van der Waals surface area contributed by atoms with Crippen LogP contribution < -0.4 is 14.8 Å². The Morgan fingerprint density at radius 1 is 0.914 bits per heavy atom. The summed E-state index contributed by atoms with van der Waals surface area (Å²) in [7, 11) is -3.59. The Bertz CT molecular complexity index is 1240. The number of nitrogens with zero attached hydrogens (tertiary/aromatic N) is 1. The molecule has 1 N–H and O–H groups in total. The molecule has 1 saturated heterocycles. The zero-order valence-electron chi connectivity index (χ0n) is 19.2. The maximum Gasteiger partial charge on any atom is 0.262 e. The summed E-state index contributed by atoms with van der Waals surface area (Å²) in [4.78, 5) is 12.4. The van der Waals surface area contributed by atoms with Gasteiger partial charge in [-0.05, 0) is 60.9 Å². The number of anilines is 1. The highest BCUT2D eigenvalue weighted by Crippen LogP contribution is 2.30. The van der Waals surface area contributed by atoms with Gasteiger partial charge in [0, 0.05) is 18.8 Å². The molecule has 0 bridgehead atoms. The molecule has 0 aliphatic carbocycles. The summed E-state index contributed by atoms with van der Waals surface area (Å²) < 4.78 is 38.4. The van der Waals surface area contributed by atoms with Crippen LogP contribution in [0.1, 0.15) is 24.8 Å². The first-order chi connectivity index (χ1) is 16.9. The largest absolute Gasteiger partial charge is 0.489 e. The minimum Gasteiger partial charge on any atom is -0.489 e. The molecule has 0 atom stereocenters. The minimum absolute atomic E-state index is 0.121. The molecule has 1 aliphatic heterocycles. The standard InChI is InChI=1S/C26H27ClN2O5S/c27-24-17-23(35(31,32)29-15-5-2-6-16-29)13-14-25(24)34-19-26(30)28-21-9-11-22(12-10-21)33-18-20-7-3-1-4-8-20/h1,3-4,7-14,17H,2,5-6,15-16,18-19H2,(H,28,30). The Morgan fingerprint density at radius 2 is 1.63 bits per heavy atom. The number of piperidine rings is 1. The summed E-state index contributed by atoms with van der Waals surface area (Å²) in [5, 5.41) is 2.88. The molecule has 1 aliphatic rings. The number of rotatable bonds is 9. The maximum atomic E-state index is 12.8. The van der Waals surface area contributed by atoms with Crippen LogP contribution in [-0.4, -0.2) is 38.3 Å². The van der Waals surface area contributed by atoms with Crippen molar-refractivity contribution in [3.05, 3.63) is 83.4 Å². The predicted molar refractivity (Wildman–Crippen MR) is 135 cm³/mol. The number of amides is 1. The molecule has 0 unspecified atom stereocenters. The Labute approximate surface area is 210 Å². The van der Waals surface area contributed by atoms with Crippen molar-refractivity contribution in [1.29, 1.82) is 0 Å². The summed E-state index contributed by atoms with van der Waals surface area (Å²) in [6, 6.07) is 21.2. The van der Waals surface area contributed by atoms with Crippen LogP contribution in [0.2, 0.25) is 5.02 Å². The smallest absolute Gasteiger partial charge is 0.262 e. The molecule has 0 aromatic heterocycles. The molecule has 0 radical (unpaired) electrons. The molecule has 1 heterocycles. The number of hydrogen-bond acceptors (Lipinski definition) is 5. The first-order valence-corrected chi connectivity index (χ1v) is 13.2. The van der Waals surface area contributed by atoms with E-state index < -0.39 is 10.0 Å². The van der Waals surface area contributed by atoms with Crippen molar-refractivity contribution in [2.24, 2.45) is 0 Å². The van der Waals surface area contributed by atoms with Crippen molar-refractivity contribution in [3.8, 4) is 11.5 Å². The lowest BCUT2D eigenvalue weighted by atomic mass is 10.2. The molecular formula is C26H27ClN2O5S.